The number of aliphatic imine (C=N–C) groups is 1. The molecule has 2 saturated heterocycles. The smallest absolute Gasteiger partial charge is 0.283 e. The number of carbonyl (C=O) groups excluding carboxylic acids is 1. The molecule has 0 saturated carbocycles. The van der Waals surface area contributed by atoms with Gasteiger partial charge in [0, 0.05) is 35.4 Å². The summed E-state index contributed by atoms with van der Waals surface area (Å²) in [6.07, 6.45) is 1.06. The van der Waals surface area contributed by atoms with E-state index in [1.165, 1.54) is 7.11 Å². The third-order valence-corrected chi connectivity index (χ3v) is 5.75. The first-order chi connectivity index (χ1) is 11.9. The zero-order chi connectivity index (χ0) is 18.0. The van der Waals surface area contributed by atoms with Gasteiger partial charge in [0.05, 0.1) is 19.3 Å². The summed E-state index contributed by atoms with van der Waals surface area (Å²) in [7, 11) is 1.53. The van der Waals surface area contributed by atoms with Gasteiger partial charge in [-0.15, -0.1) is 0 Å². The Morgan fingerprint density at radius 3 is 3.00 bits per heavy atom. The molecular weight excluding hydrogens is 360 g/mol. The Balaban J connectivity index is 1.84. The molecule has 2 aliphatic rings. The van der Waals surface area contributed by atoms with Crippen LogP contribution in [0, 0.1) is 5.92 Å². The Morgan fingerprint density at radius 1 is 1.52 bits per heavy atom. The highest BCUT2D eigenvalue weighted by atomic mass is 35.5. The number of carbonyl (C=O) groups is 1. The SMILES string of the molecule is COc1ccc(Cl)cc1C(=O)N=C1SC(C)(C)CN1CC1CCOC1. The molecule has 1 aromatic rings. The molecular formula is C18H23ClN2O3S. The van der Waals surface area contributed by atoms with E-state index < -0.39 is 0 Å². The van der Waals surface area contributed by atoms with Gasteiger partial charge < -0.3 is 14.4 Å². The zero-order valence-corrected chi connectivity index (χ0v) is 16.3. The van der Waals surface area contributed by atoms with Crippen molar-refractivity contribution in [1.29, 1.82) is 0 Å². The minimum absolute atomic E-state index is 0.0248. The van der Waals surface area contributed by atoms with E-state index in [0.717, 1.165) is 37.9 Å². The summed E-state index contributed by atoms with van der Waals surface area (Å²) in [6.45, 7) is 7.68. The number of hydrogen-bond acceptors (Lipinski definition) is 4. The topological polar surface area (TPSA) is 51.1 Å². The summed E-state index contributed by atoms with van der Waals surface area (Å²) >= 11 is 7.68. The van der Waals surface area contributed by atoms with Gasteiger partial charge in [0.2, 0.25) is 0 Å². The highest BCUT2D eigenvalue weighted by molar-refractivity contribution is 8.15. The van der Waals surface area contributed by atoms with Crippen molar-refractivity contribution in [2.75, 3.05) is 33.4 Å². The summed E-state index contributed by atoms with van der Waals surface area (Å²) in [4.78, 5) is 19.3. The van der Waals surface area contributed by atoms with Crippen LogP contribution >= 0.6 is 23.4 Å². The number of ether oxygens (including phenoxy) is 2. The van der Waals surface area contributed by atoms with E-state index in [1.54, 1.807) is 30.0 Å². The molecule has 1 unspecified atom stereocenters. The number of nitrogens with zero attached hydrogens (tertiary/aromatic N) is 2. The van der Waals surface area contributed by atoms with E-state index in [-0.39, 0.29) is 10.7 Å². The Hall–Kier alpha value is -1.24. The average Bonchev–Trinajstić information content (AvgIpc) is 3.15. The molecule has 3 rings (SSSR count). The first-order valence-electron chi connectivity index (χ1n) is 8.36. The fourth-order valence-electron chi connectivity index (χ4n) is 3.14. The van der Waals surface area contributed by atoms with Crippen molar-refractivity contribution in [2.45, 2.75) is 25.0 Å². The molecule has 5 nitrogen and oxygen atoms in total. The van der Waals surface area contributed by atoms with Gasteiger partial charge in [-0.2, -0.15) is 4.99 Å². The predicted octanol–water partition coefficient (Wildman–Crippen LogP) is 3.71. The fraction of sp³-hybridized carbons (Fsp3) is 0.556. The summed E-state index contributed by atoms with van der Waals surface area (Å²) in [5.41, 5.74) is 0.386. The van der Waals surface area contributed by atoms with Crippen LogP contribution in [0.25, 0.3) is 0 Å². The van der Waals surface area contributed by atoms with E-state index in [4.69, 9.17) is 21.1 Å². The van der Waals surface area contributed by atoms with Crippen LogP contribution in [0.5, 0.6) is 5.75 Å². The van der Waals surface area contributed by atoms with Crippen molar-refractivity contribution in [3.05, 3.63) is 28.8 Å². The highest BCUT2D eigenvalue weighted by Gasteiger charge is 2.37. The molecule has 1 aromatic carbocycles. The second-order valence-corrected chi connectivity index (χ2v) is 9.13. The van der Waals surface area contributed by atoms with Crippen LogP contribution in [-0.4, -0.2) is 54.1 Å². The lowest BCUT2D eigenvalue weighted by atomic mass is 10.1. The molecule has 2 heterocycles. The van der Waals surface area contributed by atoms with Crippen LogP contribution < -0.4 is 4.74 Å². The van der Waals surface area contributed by atoms with Crippen molar-refractivity contribution in [2.24, 2.45) is 10.9 Å². The second-order valence-electron chi connectivity index (χ2n) is 7.02. The predicted molar refractivity (Wildman–Crippen MR) is 102 cm³/mol. The number of methoxy groups -OCH3 is 1. The number of amidine groups is 1. The third-order valence-electron chi connectivity index (χ3n) is 4.30. The number of hydrogen-bond donors (Lipinski definition) is 0. The van der Waals surface area contributed by atoms with E-state index >= 15 is 0 Å². The summed E-state index contributed by atoms with van der Waals surface area (Å²) in [5.74, 6) is 0.652. The van der Waals surface area contributed by atoms with Crippen molar-refractivity contribution in [1.82, 2.24) is 4.90 Å². The number of rotatable bonds is 4. The van der Waals surface area contributed by atoms with E-state index in [0.29, 0.717) is 22.3 Å². The number of thioether (sulfide) groups is 1. The quantitative estimate of drug-likeness (QED) is 0.794. The molecule has 2 aliphatic heterocycles. The van der Waals surface area contributed by atoms with E-state index in [2.05, 4.69) is 23.7 Å². The molecule has 2 fully saturated rings. The molecule has 0 radical (unpaired) electrons. The molecule has 0 aromatic heterocycles. The molecule has 0 aliphatic carbocycles. The Labute approximate surface area is 157 Å². The molecule has 0 spiro atoms. The van der Waals surface area contributed by atoms with Gasteiger partial charge in [-0.3, -0.25) is 4.79 Å². The van der Waals surface area contributed by atoms with Crippen LogP contribution in [0.4, 0.5) is 0 Å². The first-order valence-corrected chi connectivity index (χ1v) is 9.56. The molecule has 0 N–H and O–H groups in total. The van der Waals surface area contributed by atoms with Crippen LogP contribution in [0.3, 0.4) is 0 Å². The highest BCUT2D eigenvalue weighted by Crippen LogP contribution is 2.37. The minimum Gasteiger partial charge on any atom is -0.496 e. The molecule has 136 valence electrons. The zero-order valence-electron chi connectivity index (χ0n) is 14.8. The van der Waals surface area contributed by atoms with Gasteiger partial charge in [-0.05, 0) is 38.5 Å². The van der Waals surface area contributed by atoms with E-state index in [1.807, 2.05) is 0 Å². The first kappa shape index (κ1) is 18.5. The summed E-state index contributed by atoms with van der Waals surface area (Å²) in [6, 6.07) is 4.99. The largest absolute Gasteiger partial charge is 0.496 e. The van der Waals surface area contributed by atoms with Gasteiger partial charge in [0.25, 0.3) is 5.91 Å². The number of amides is 1. The molecule has 7 heteroatoms. The Morgan fingerprint density at radius 2 is 2.32 bits per heavy atom. The standard InChI is InChI=1S/C18H23ClN2O3S/c1-18(2)11-21(9-12-6-7-24-10-12)17(25-18)20-16(22)14-8-13(19)4-5-15(14)23-3/h4-5,8,12H,6-7,9-11H2,1-3H3. The second kappa shape index (κ2) is 7.56. The van der Waals surface area contributed by atoms with Gasteiger partial charge in [0.1, 0.15) is 5.75 Å². The maximum atomic E-state index is 12.7. The molecule has 25 heavy (non-hydrogen) atoms. The van der Waals surface area contributed by atoms with Gasteiger partial charge >= 0.3 is 0 Å². The number of benzene rings is 1. The van der Waals surface area contributed by atoms with Crippen molar-refractivity contribution in [3.8, 4) is 5.75 Å². The van der Waals surface area contributed by atoms with Crippen molar-refractivity contribution >= 4 is 34.4 Å². The minimum atomic E-state index is -0.327. The normalized spacial score (nSPS) is 24.1. The van der Waals surface area contributed by atoms with Crippen LogP contribution in [-0.2, 0) is 4.74 Å². The maximum absolute atomic E-state index is 12.7. The lowest BCUT2D eigenvalue weighted by Gasteiger charge is -2.22. The third kappa shape index (κ3) is 4.49. The van der Waals surface area contributed by atoms with Crippen LogP contribution in [0.1, 0.15) is 30.6 Å². The van der Waals surface area contributed by atoms with Crippen molar-refractivity contribution in [3.63, 3.8) is 0 Å². The summed E-state index contributed by atoms with van der Waals surface area (Å²) in [5, 5.41) is 1.26. The van der Waals surface area contributed by atoms with Crippen molar-refractivity contribution < 1.29 is 14.3 Å². The van der Waals surface area contributed by atoms with E-state index in [9.17, 15) is 4.79 Å². The van der Waals surface area contributed by atoms with Gasteiger partial charge in [-0.1, -0.05) is 23.4 Å². The lowest BCUT2D eigenvalue weighted by Crippen LogP contribution is -2.33. The Kier molecular flexibility index (Phi) is 5.61. The fourth-order valence-corrected chi connectivity index (χ4v) is 4.42. The maximum Gasteiger partial charge on any atom is 0.283 e. The molecule has 1 amide bonds. The Bertz CT molecular complexity index is 687. The van der Waals surface area contributed by atoms with Crippen LogP contribution in [0.15, 0.2) is 23.2 Å². The molecule has 0 bridgehead atoms. The van der Waals surface area contributed by atoms with Gasteiger partial charge in [-0.25, -0.2) is 0 Å². The number of halogens is 1. The van der Waals surface area contributed by atoms with Gasteiger partial charge in [0.15, 0.2) is 5.17 Å². The van der Waals surface area contributed by atoms with Crippen LogP contribution in [0.2, 0.25) is 5.02 Å². The summed E-state index contributed by atoms with van der Waals surface area (Å²) < 4.78 is 10.8. The lowest BCUT2D eigenvalue weighted by molar-refractivity contribution is 0.0998. The molecule has 1 atom stereocenters. The average molecular weight is 383 g/mol. The monoisotopic (exact) mass is 382 g/mol.